The molecule has 1 atom stereocenters. The Morgan fingerprint density at radius 2 is 2.00 bits per heavy atom. The van der Waals surface area contributed by atoms with Crippen LogP contribution >= 0.6 is 0 Å². The Morgan fingerprint density at radius 3 is 2.74 bits per heavy atom. The normalized spacial score (nSPS) is 22.4. The number of rotatable bonds is 2. The maximum absolute atomic E-state index is 9.50. The summed E-state index contributed by atoms with van der Waals surface area (Å²) in [6.45, 7) is 6.22. The van der Waals surface area contributed by atoms with Gasteiger partial charge in [-0.15, -0.1) is 0 Å². The van der Waals surface area contributed by atoms with E-state index in [2.05, 4.69) is 21.2 Å². The summed E-state index contributed by atoms with van der Waals surface area (Å²) in [5.41, 5.74) is 1.64. The Hall–Kier alpha value is -2.16. The monoisotopic (exact) mass is 307 g/mol. The Labute approximate surface area is 136 Å². The predicted molar refractivity (Wildman–Crippen MR) is 91.5 cm³/mol. The van der Waals surface area contributed by atoms with Crippen molar-refractivity contribution in [3.63, 3.8) is 0 Å². The second-order valence-corrected chi connectivity index (χ2v) is 6.33. The summed E-state index contributed by atoms with van der Waals surface area (Å²) in [6, 6.07) is 13.0. The van der Waals surface area contributed by atoms with Crippen molar-refractivity contribution in [2.24, 2.45) is 0 Å². The predicted octanol–water partition coefficient (Wildman–Crippen LogP) is 1.59. The molecule has 1 unspecified atom stereocenters. The number of nitrogens with zero attached hydrogens (tertiary/aromatic N) is 4. The molecule has 0 spiro atoms. The zero-order valence-corrected chi connectivity index (χ0v) is 13.2. The number of pyridine rings is 1. The average Bonchev–Trinajstić information content (AvgIpc) is 3.15. The molecule has 2 aliphatic rings. The second-order valence-electron chi connectivity index (χ2n) is 6.33. The van der Waals surface area contributed by atoms with Gasteiger partial charge in [0, 0.05) is 44.2 Å². The highest BCUT2D eigenvalue weighted by Gasteiger charge is 2.27. The lowest BCUT2D eigenvalue weighted by molar-refractivity contribution is 0.196. The van der Waals surface area contributed by atoms with Crippen LogP contribution in [-0.4, -0.2) is 55.2 Å². The van der Waals surface area contributed by atoms with Gasteiger partial charge in [0.15, 0.2) is 0 Å². The van der Waals surface area contributed by atoms with Crippen LogP contribution < -0.4 is 10.2 Å². The molecule has 1 aromatic carbocycles. The molecule has 0 aliphatic carbocycles. The molecule has 5 heteroatoms. The molecule has 2 saturated heterocycles. The van der Waals surface area contributed by atoms with Crippen LogP contribution in [0, 0.1) is 11.3 Å². The van der Waals surface area contributed by atoms with E-state index >= 15 is 0 Å². The lowest BCUT2D eigenvalue weighted by atomic mass is 10.1. The maximum atomic E-state index is 9.50. The van der Waals surface area contributed by atoms with Gasteiger partial charge in [-0.25, -0.2) is 4.98 Å². The van der Waals surface area contributed by atoms with E-state index < -0.39 is 0 Å². The first kappa shape index (κ1) is 14.4. The molecular formula is C18H21N5. The largest absolute Gasteiger partial charge is 0.353 e. The lowest BCUT2D eigenvalue weighted by Gasteiger charge is -2.38. The topological polar surface area (TPSA) is 55.2 Å². The summed E-state index contributed by atoms with van der Waals surface area (Å²) in [4.78, 5) is 9.61. The Balaban J connectivity index is 1.56. The van der Waals surface area contributed by atoms with Crippen LogP contribution in [0.25, 0.3) is 10.9 Å². The van der Waals surface area contributed by atoms with Crippen molar-refractivity contribution in [2.45, 2.75) is 12.5 Å². The van der Waals surface area contributed by atoms with Crippen molar-refractivity contribution < 1.29 is 0 Å². The highest BCUT2D eigenvalue weighted by atomic mass is 15.3. The minimum absolute atomic E-state index is 0.678. The van der Waals surface area contributed by atoms with Crippen molar-refractivity contribution >= 4 is 16.7 Å². The van der Waals surface area contributed by atoms with E-state index in [-0.39, 0.29) is 0 Å². The molecule has 0 saturated carbocycles. The SMILES string of the molecule is N#Cc1cc2ccccc2nc1N1CCN(C2CCNC2)CC1. The molecule has 0 amide bonds. The molecule has 4 rings (SSSR count). The molecule has 2 fully saturated rings. The number of fused-ring (bicyclic) bond motifs is 1. The number of para-hydroxylation sites is 1. The molecular weight excluding hydrogens is 286 g/mol. The summed E-state index contributed by atoms with van der Waals surface area (Å²) in [5, 5.41) is 14.0. The van der Waals surface area contributed by atoms with Crippen LogP contribution in [0.1, 0.15) is 12.0 Å². The lowest BCUT2D eigenvalue weighted by Crippen LogP contribution is -2.51. The number of anilines is 1. The Bertz CT molecular complexity index is 737. The summed E-state index contributed by atoms with van der Waals surface area (Å²) in [6.07, 6.45) is 1.25. The van der Waals surface area contributed by atoms with Gasteiger partial charge in [0.2, 0.25) is 0 Å². The molecule has 0 radical (unpaired) electrons. The van der Waals surface area contributed by atoms with Gasteiger partial charge in [-0.3, -0.25) is 4.90 Å². The minimum atomic E-state index is 0.678. The van der Waals surface area contributed by atoms with Crippen LogP contribution in [-0.2, 0) is 0 Å². The first-order valence-corrected chi connectivity index (χ1v) is 8.35. The fraction of sp³-hybridized carbons (Fsp3) is 0.444. The number of benzene rings is 1. The van der Waals surface area contributed by atoms with E-state index in [0.717, 1.165) is 56.0 Å². The third-order valence-electron chi connectivity index (χ3n) is 4.99. The third-order valence-corrected chi connectivity index (χ3v) is 4.99. The van der Waals surface area contributed by atoms with Gasteiger partial charge in [0.1, 0.15) is 11.9 Å². The van der Waals surface area contributed by atoms with E-state index in [1.165, 1.54) is 6.42 Å². The maximum Gasteiger partial charge on any atom is 0.147 e. The smallest absolute Gasteiger partial charge is 0.147 e. The molecule has 2 aliphatic heterocycles. The zero-order chi connectivity index (χ0) is 15.6. The number of nitrogens with one attached hydrogen (secondary N) is 1. The van der Waals surface area contributed by atoms with Gasteiger partial charge in [-0.05, 0) is 25.1 Å². The van der Waals surface area contributed by atoms with E-state index in [9.17, 15) is 5.26 Å². The van der Waals surface area contributed by atoms with Crippen LogP contribution in [0.5, 0.6) is 0 Å². The van der Waals surface area contributed by atoms with Crippen molar-refractivity contribution in [3.05, 3.63) is 35.9 Å². The summed E-state index contributed by atoms with van der Waals surface area (Å²) in [5.74, 6) is 0.843. The first-order chi connectivity index (χ1) is 11.3. The number of hydrogen-bond acceptors (Lipinski definition) is 5. The van der Waals surface area contributed by atoms with E-state index in [1.54, 1.807) is 0 Å². The van der Waals surface area contributed by atoms with Crippen molar-refractivity contribution in [3.8, 4) is 6.07 Å². The minimum Gasteiger partial charge on any atom is -0.353 e. The van der Waals surface area contributed by atoms with Crippen LogP contribution in [0.15, 0.2) is 30.3 Å². The first-order valence-electron chi connectivity index (χ1n) is 8.35. The van der Waals surface area contributed by atoms with Crippen LogP contribution in [0.3, 0.4) is 0 Å². The van der Waals surface area contributed by atoms with Crippen molar-refractivity contribution in [2.75, 3.05) is 44.2 Å². The number of nitriles is 1. The molecule has 23 heavy (non-hydrogen) atoms. The van der Waals surface area contributed by atoms with Gasteiger partial charge in [0.25, 0.3) is 0 Å². The number of piperazine rings is 1. The zero-order valence-electron chi connectivity index (χ0n) is 13.2. The standard InChI is InChI=1S/C18H21N5/c19-12-15-11-14-3-1-2-4-17(14)21-18(15)23-9-7-22(8-10-23)16-5-6-20-13-16/h1-4,11,16,20H,5-10,13H2. The summed E-state index contributed by atoms with van der Waals surface area (Å²) in [7, 11) is 0. The summed E-state index contributed by atoms with van der Waals surface area (Å²) < 4.78 is 0. The Kier molecular flexibility index (Phi) is 3.86. The highest BCUT2D eigenvalue weighted by Crippen LogP contribution is 2.24. The molecule has 2 aromatic rings. The Morgan fingerprint density at radius 1 is 1.17 bits per heavy atom. The van der Waals surface area contributed by atoms with Gasteiger partial charge < -0.3 is 10.2 Å². The molecule has 5 nitrogen and oxygen atoms in total. The van der Waals surface area contributed by atoms with Crippen LogP contribution in [0.4, 0.5) is 5.82 Å². The van der Waals surface area contributed by atoms with E-state index in [4.69, 9.17) is 4.98 Å². The summed E-state index contributed by atoms with van der Waals surface area (Å²) >= 11 is 0. The quantitative estimate of drug-likeness (QED) is 0.913. The molecule has 1 N–H and O–H groups in total. The average molecular weight is 307 g/mol. The van der Waals surface area contributed by atoms with Gasteiger partial charge in [-0.2, -0.15) is 5.26 Å². The highest BCUT2D eigenvalue weighted by molar-refractivity contribution is 5.83. The number of hydrogen-bond donors (Lipinski definition) is 1. The fourth-order valence-electron chi connectivity index (χ4n) is 3.68. The molecule has 1 aromatic heterocycles. The number of aromatic nitrogens is 1. The van der Waals surface area contributed by atoms with Gasteiger partial charge in [0.05, 0.1) is 11.1 Å². The molecule has 0 bridgehead atoms. The fourth-order valence-corrected chi connectivity index (χ4v) is 3.68. The van der Waals surface area contributed by atoms with Gasteiger partial charge >= 0.3 is 0 Å². The van der Waals surface area contributed by atoms with Crippen LogP contribution in [0.2, 0.25) is 0 Å². The molecule has 3 heterocycles. The molecule has 118 valence electrons. The second kappa shape index (κ2) is 6.15. The van der Waals surface area contributed by atoms with E-state index in [0.29, 0.717) is 11.6 Å². The van der Waals surface area contributed by atoms with E-state index in [1.807, 2.05) is 30.3 Å². The van der Waals surface area contributed by atoms with Gasteiger partial charge in [-0.1, -0.05) is 18.2 Å². The van der Waals surface area contributed by atoms with Crippen molar-refractivity contribution in [1.82, 2.24) is 15.2 Å². The third kappa shape index (κ3) is 2.76. The van der Waals surface area contributed by atoms with Crippen molar-refractivity contribution in [1.29, 1.82) is 5.26 Å².